The van der Waals surface area contributed by atoms with Crippen LogP contribution in [0.2, 0.25) is 0 Å². The van der Waals surface area contributed by atoms with Crippen molar-refractivity contribution in [3.05, 3.63) is 0 Å². The van der Waals surface area contributed by atoms with Gasteiger partial charge in [-0.15, -0.1) is 0 Å². The van der Waals surface area contributed by atoms with Gasteiger partial charge in [0.15, 0.2) is 23.0 Å². The Kier molecular flexibility index (Phi) is 4.24. The fourth-order valence-electron chi connectivity index (χ4n) is 2.77. The number of rotatable bonds is 5. The summed E-state index contributed by atoms with van der Waals surface area (Å²) in [5.74, 6) is -1.31. The Bertz CT molecular complexity index is 379. The van der Waals surface area contributed by atoms with Crippen LogP contribution in [-0.4, -0.2) is 66.9 Å². The summed E-state index contributed by atoms with van der Waals surface area (Å²) < 4.78 is 0. The third kappa shape index (κ3) is 2.50. The highest BCUT2D eigenvalue weighted by Crippen LogP contribution is 2.30. The Labute approximate surface area is 116 Å². The normalized spacial score (nSPS) is 35.6. The number of nitrogens with zero attached hydrogens (tertiary/aromatic N) is 2. The number of carbonyl (C=O) groups excluding carboxylic acids is 2. The van der Waals surface area contributed by atoms with Crippen molar-refractivity contribution in [3.63, 3.8) is 0 Å². The lowest BCUT2D eigenvalue weighted by molar-refractivity contribution is -0.234. The molecule has 0 radical (unpaired) electrons. The summed E-state index contributed by atoms with van der Waals surface area (Å²) in [6.45, 7) is 0.398. The van der Waals surface area contributed by atoms with Crippen molar-refractivity contribution in [1.29, 1.82) is 0 Å². The molecular formula is C12H20N2O6. The molecule has 2 fully saturated rings. The number of hydrogen-bond donors (Lipinski definition) is 4. The van der Waals surface area contributed by atoms with Gasteiger partial charge >= 0.3 is 0 Å². The van der Waals surface area contributed by atoms with E-state index in [1.165, 1.54) is 0 Å². The largest absolute Gasteiger partial charge is 0.367 e. The first-order valence-corrected chi connectivity index (χ1v) is 6.75. The predicted octanol–water partition coefficient (Wildman–Crippen LogP) is -0.748. The van der Waals surface area contributed by atoms with Crippen LogP contribution in [0.4, 0.5) is 0 Å². The summed E-state index contributed by atoms with van der Waals surface area (Å²) in [5, 5.41) is 40.1. The first kappa shape index (κ1) is 15.5. The van der Waals surface area contributed by atoms with Crippen LogP contribution in [0.1, 0.15) is 38.5 Å². The van der Waals surface area contributed by atoms with Gasteiger partial charge in [-0.05, 0) is 12.8 Å². The van der Waals surface area contributed by atoms with Gasteiger partial charge < -0.3 is 20.6 Å². The highest BCUT2D eigenvalue weighted by molar-refractivity contribution is 5.93. The van der Waals surface area contributed by atoms with Crippen molar-refractivity contribution in [3.8, 4) is 0 Å². The molecule has 2 aliphatic heterocycles. The van der Waals surface area contributed by atoms with Crippen LogP contribution in [0.3, 0.4) is 0 Å². The molecule has 8 heteroatoms. The van der Waals surface area contributed by atoms with Gasteiger partial charge in [-0.3, -0.25) is 9.59 Å². The van der Waals surface area contributed by atoms with Crippen molar-refractivity contribution >= 4 is 11.6 Å². The van der Waals surface area contributed by atoms with Gasteiger partial charge in [-0.1, -0.05) is 0 Å². The van der Waals surface area contributed by atoms with Crippen LogP contribution in [0, 0.1) is 0 Å². The number of ketones is 2. The summed E-state index contributed by atoms with van der Waals surface area (Å²) in [6.07, 6.45) is 0.632. The Balaban J connectivity index is 1.92. The summed E-state index contributed by atoms with van der Waals surface area (Å²) in [5.41, 5.74) is -3.87. The molecule has 20 heavy (non-hydrogen) atoms. The van der Waals surface area contributed by atoms with Crippen LogP contribution < -0.4 is 0 Å². The molecule has 0 bridgehead atoms. The van der Waals surface area contributed by atoms with E-state index in [4.69, 9.17) is 0 Å². The minimum Gasteiger partial charge on any atom is -0.367 e. The number of aliphatic hydroxyl groups is 2. The fraction of sp³-hybridized carbons (Fsp3) is 0.833. The maximum atomic E-state index is 11.9. The van der Waals surface area contributed by atoms with Crippen LogP contribution in [-0.2, 0) is 9.59 Å². The zero-order chi connectivity index (χ0) is 15.0. The number of hydrogen-bond acceptors (Lipinski definition) is 8. The molecule has 0 aliphatic carbocycles. The predicted molar refractivity (Wildman–Crippen MR) is 64.6 cm³/mol. The van der Waals surface area contributed by atoms with Crippen molar-refractivity contribution in [2.45, 2.75) is 50.0 Å². The minimum absolute atomic E-state index is 0.118. The van der Waals surface area contributed by atoms with Gasteiger partial charge in [0.1, 0.15) is 0 Å². The second-order valence-electron chi connectivity index (χ2n) is 5.43. The number of Topliss-reactive ketones (excluding diaryl/α,β-unsaturated/α-hetero) is 2. The molecule has 0 amide bonds. The molecule has 0 aromatic rings. The fourth-order valence-corrected chi connectivity index (χ4v) is 2.77. The van der Waals surface area contributed by atoms with Crippen LogP contribution >= 0.6 is 0 Å². The summed E-state index contributed by atoms with van der Waals surface area (Å²) in [6, 6.07) is 0. The maximum Gasteiger partial charge on any atom is 0.199 e. The van der Waals surface area contributed by atoms with Gasteiger partial charge in [0.2, 0.25) is 0 Å². The third-order valence-electron chi connectivity index (χ3n) is 4.12. The van der Waals surface area contributed by atoms with E-state index in [0.717, 1.165) is 0 Å². The van der Waals surface area contributed by atoms with E-state index in [1.54, 1.807) is 0 Å². The Morgan fingerprint density at radius 1 is 0.850 bits per heavy atom. The van der Waals surface area contributed by atoms with Crippen molar-refractivity contribution < 1.29 is 30.2 Å². The standard InChI is InChI=1S/C12H20N2O6/c15-9(11(17)5-1-7-13(11)19)3-4-10(16)12(18)6-2-8-14(12)20/h17-20H,1-8H2. The topological polar surface area (TPSA) is 122 Å². The van der Waals surface area contributed by atoms with E-state index in [-0.39, 0.29) is 38.8 Å². The molecule has 8 nitrogen and oxygen atoms in total. The molecular weight excluding hydrogens is 268 g/mol. The molecule has 114 valence electrons. The summed E-state index contributed by atoms with van der Waals surface area (Å²) in [4.78, 5) is 23.8. The molecule has 0 aromatic heterocycles. The van der Waals surface area contributed by atoms with Crippen LogP contribution in [0.15, 0.2) is 0 Å². The summed E-state index contributed by atoms with van der Waals surface area (Å²) in [7, 11) is 0. The lowest BCUT2D eigenvalue weighted by atomic mass is 9.96. The van der Waals surface area contributed by atoms with Gasteiger partial charge in [-0.25, -0.2) is 0 Å². The molecule has 2 atom stereocenters. The van der Waals surface area contributed by atoms with E-state index in [2.05, 4.69) is 0 Å². The first-order valence-electron chi connectivity index (χ1n) is 6.75. The zero-order valence-corrected chi connectivity index (χ0v) is 11.2. The highest BCUT2D eigenvalue weighted by atomic mass is 16.6. The Hall–Kier alpha value is -0.900. The molecule has 2 aliphatic rings. The van der Waals surface area contributed by atoms with E-state index < -0.39 is 23.0 Å². The van der Waals surface area contributed by atoms with Crippen molar-refractivity contribution in [2.75, 3.05) is 13.1 Å². The Morgan fingerprint density at radius 3 is 1.45 bits per heavy atom. The van der Waals surface area contributed by atoms with Crippen LogP contribution in [0.5, 0.6) is 0 Å². The minimum atomic E-state index is -1.93. The monoisotopic (exact) mass is 288 g/mol. The maximum absolute atomic E-state index is 11.9. The quantitative estimate of drug-likeness (QED) is 0.521. The zero-order valence-electron chi connectivity index (χ0n) is 11.2. The molecule has 0 aromatic carbocycles. The average Bonchev–Trinajstić information content (AvgIpc) is 2.92. The van der Waals surface area contributed by atoms with E-state index in [9.17, 15) is 30.2 Å². The molecule has 4 N–H and O–H groups in total. The number of carbonyl (C=O) groups is 2. The highest BCUT2D eigenvalue weighted by Gasteiger charge is 2.47. The summed E-state index contributed by atoms with van der Waals surface area (Å²) >= 11 is 0. The lowest BCUT2D eigenvalue weighted by Gasteiger charge is -2.29. The number of hydroxylamine groups is 4. The Morgan fingerprint density at radius 2 is 1.20 bits per heavy atom. The van der Waals surface area contributed by atoms with Crippen molar-refractivity contribution in [1.82, 2.24) is 10.1 Å². The van der Waals surface area contributed by atoms with Crippen LogP contribution in [0.25, 0.3) is 0 Å². The van der Waals surface area contributed by atoms with Gasteiger partial charge in [0.05, 0.1) is 0 Å². The van der Waals surface area contributed by atoms with Gasteiger partial charge in [0.25, 0.3) is 0 Å². The second kappa shape index (κ2) is 5.47. The van der Waals surface area contributed by atoms with E-state index >= 15 is 0 Å². The molecule has 2 saturated heterocycles. The van der Waals surface area contributed by atoms with E-state index in [0.29, 0.717) is 23.0 Å². The molecule has 2 rings (SSSR count). The molecule has 2 unspecified atom stereocenters. The van der Waals surface area contributed by atoms with E-state index in [1.807, 2.05) is 0 Å². The molecule has 0 spiro atoms. The first-order chi connectivity index (χ1) is 9.30. The third-order valence-corrected chi connectivity index (χ3v) is 4.12. The average molecular weight is 288 g/mol. The second-order valence-corrected chi connectivity index (χ2v) is 5.43. The van der Waals surface area contributed by atoms with Gasteiger partial charge in [0, 0.05) is 38.8 Å². The molecule has 2 heterocycles. The van der Waals surface area contributed by atoms with Gasteiger partial charge in [-0.2, -0.15) is 10.1 Å². The van der Waals surface area contributed by atoms with Crippen molar-refractivity contribution in [2.24, 2.45) is 0 Å². The SMILES string of the molecule is O=C(CCC(=O)C1(O)CCCN1O)C1(O)CCCN1O. The lowest BCUT2D eigenvalue weighted by Crippen LogP contribution is -2.51. The molecule has 0 saturated carbocycles. The smallest absolute Gasteiger partial charge is 0.199 e.